The van der Waals surface area contributed by atoms with Gasteiger partial charge in [-0.3, -0.25) is 0 Å². The Hall–Kier alpha value is -2.35. The van der Waals surface area contributed by atoms with Gasteiger partial charge in [-0.2, -0.15) is 5.26 Å². The zero-order chi connectivity index (χ0) is 11.5. The second-order valence-electron chi connectivity index (χ2n) is 3.01. The number of hydrogen-bond donors (Lipinski definition) is 0. The molecule has 1 aromatic carbocycles. The molecule has 0 saturated carbocycles. The maximum Gasteiger partial charge on any atom is 0.160 e. The van der Waals surface area contributed by atoms with Gasteiger partial charge < -0.3 is 0 Å². The fourth-order valence-electron chi connectivity index (χ4n) is 1.20. The van der Waals surface area contributed by atoms with Crippen molar-refractivity contribution < 1.29 is 8.78 Å². The van der Waals surface area contributed by atoms with E-state index < -0.39 is 11.6 Å². The van der Waals surface area contributed by atoms with E-state index in [0.717, 1.165) is 12.1 Å². The lowest BCUT2D eigenvalue weighted by atomic mass is 10.2. The first-order valence-electron chi connectivity index (χ1n) is 4.39. The second-order valence-corrected chi connectivity index (χ2v) is 3.01. The Kier molecular flexibility index (Phi) is 2.56. The van der Waals surface area contributed by atoms with Gasteiger partial charge in [0.05, 0.1) is 0 Å². The van der Waals surface area contributed by atoms with E-state index in [2.05, 4.69) is 9.97 Å². The molecule has 0 radical (unpaired) electrons. The van der Waals surface area contributed by atoms with Gasteiger partial charge in [-0.05, 0) is 24.3 Å². The van der Waals surface area contributed by atoms with E-state index in [1.165, 1.54) is 18.3 Å². The van der Waals surface area contributed by atoms with Crippen LogP contribution in [0.4, 0.5) is 8.78 Å². The minimum absolute atomic E-state index is 0.176. The maximum absolute atomic E-state index is 13.0. The number of benzene rings is 1. The van der Waals surface area contributed by atoms with E-state index in [0.29, 0.717) is 5.56 Å². The molecule has 0 saturated heterocycles. The molecule has 3 nitrogen and oxygen atoms in total. The van der Waals surface area contributed by atoms with Crippen molar-refractivity contribution in [1.82, 2.24) is 9.97 Å². The highest BCUT2D eigenvalue weighted by Crippen LogP contribution is 2.17. The summed E-state index contributed by atoms with van der Waals surface area (Å²) < 4.78 is 25.6. The van der Waals surface area contributed by atoms with Crippen LogP contribution in [0.15, 0.2) is 30.5 Å². The Labute approximate surface area is 90.0 Å². The number of hydrogen-bond acceptors (Lipinski definition) is 3. The van der Waals surface area contributed by atoms with Crippen molar-refractivity contribution in [2.24, 2.45) is 0 Å². The van der Waals surface area contributed by atoms with Crippen molar-refractivity contribution in [3.05, 3.63) is 47.8 Å². The lowest BCUT2D eigenvalue weighted by Crippen LogP contribution is -1.93. The van der Waals surface area contributed by atoms with E-state index in [9.17, 15) is 8.78 Å². The van der Waals surface area contributed by atoms with Crippen molar-refractivity contribution in [2.75, 3.05) is 0 Å². The van der Waals surface area contributed by atoms with Crippen molar-refractivity contribution in [3.8, 4) is 17.5 Å². The average Bonchev–Trinajstić information content (AvgIpc) is 2.33. The van der Waals surface area contributed by atoms with E-state index in [-0.39, 0.29) is 11.5 Å². The molecule has 0 aliphatic carbocycles. The van der Waals surface area contributed by atoms with Gasteiger partial charge in [-0.25, -0.2) is 18.7 Å². The fourth-order valence-corrected chi connectivity index (χ4v) is 1.20. The Morgan fingerprint density at radius 1 is 1.12 bits per heavy atom. The van der Waals surface area contributed by atoms with E-state index in [1.54, 1.807) is 0 Å². The van der Waals surface area contributed by atoms with Crippen molar-refractivity contribution >= 4 is 0 Å². The van der Waals surface area contributed by atoms with Crippen LogP contribution in [0, 0.1) is 23.0 Å². The molecule has 0 bridgehead atoms. The fraction of sp³-hybridized carbons (Fsp3) is 0. The van der Waals surface area contributed by atoms with Crippen LogP contribution in [0.2, 0.25) is 0 Å². The summed E-state index contributed by atoms with van der Waals surface area (Å²) in [6.07, 6.45) is 1.39. The van der Waals surface area contributed by atoms with Gasteiger partial charge in [-0.15, -0.1) is 0 Å². The molecule has 0 atom stereocenters. The molecule has 0 fully saturated rings. The molecule has 16 heavy (non-hydrogen) atoms. The second kappa shape index (κ2) is 4.03. The molecule has 0 amide bonds. The molecule has 1 aromatic heterocycles. The van der Waals surface area contributed by atoms with Crippen LogP contribution < -0.4 is 0 Å². The first-order valence-corrected chi connectivity index (χ1v) is 4.39. The Bertz CT molecular complexity index is 576. The summed E-state index contributed by atoms with van der Waals surface area (Å²) >= 11 is 0. The van der Waals surface area contributed by atoms with Crippen molar-refractivity contribution in [1.29, 1.82) is 5.26 Å². The molecule has 0 spiro atoms. The Morgan fingerprint density at radius 2 is 1.94 bits per heavy atom. The van der Waals surface area contributed by atoms with Crippen LogP contribution in [0.1, 0.15) is 5.69 Å². The molecule has 1 heterocycles. The summed E-state index contributed by atoms with van der Waals surface area (Å²) in [7, 11) is 0. The van der Waals surface area contributed by atoms with Gasteiger partial charge in [0.2, 0.25) is 0 Å². The van der Waals surface area contributed by atoms with Crippen LogP contribution in [-0.2, 0) is 0 Å². The lowest BCUT2D eigenvalue weighted by molar-refractivity contribution is 0.509. The normalized spacial score (nSPS) is 9.81. The van der Waals surface area contributed by atoms with E-state index in [1.807, 2.05) is 6.07 Å². The number of nitriles is 1. The summed E-state index contributed by atoms with van der Waals surface area (Å²) in [5.41, 5.74) is 0.505. The van der Waals surface area contributed by atoms with Crippen LogP contribution in [0.25, 0.3) is 11.4 Å². The van der Waals surface area contributed by atoms with Crippen LogP contribution >= 0.6 is 0 Å². The summed E-state index contributed by atoms with van der Waals surface area (Å²) in [4.78, 5) is 7.75. The Balaban J connectivity index is 2.51. The van der Waals surface area contributed by atoms with E-state index >= 15 is 0 Å². The largest absolute Gasteiger partial charge is 0.236 e. The van der Waals surface area contributed by atoms with Crippen LogP contribution in [-0.4, -0.2) is 9.97 Å². The monoisotopic (exact) mass is 217 g/mol. The predicted molar refractivity (Wildman–Crippen MR) is 52.1 cm³/mol. The standard InChI is InChI=1S/C11H5F2N3/c12-9-2-1-7(5-10(9)13)11-15-4-3-8(6-14)16-11/h1-5H. The van der Waals surface area contributed by atoms with Gasteiger partial charge in [-0.1, -0.05) is 0 Å². The van der Waals surface area contributed by atoms with Gasteiger partial charge in [0, 0.05) is 11.8 Å². The lowest BCUT2D eigenvalue weighted by Gasteiger charge is -2.00. The molecule has 78 valence electrons. The first kappa shape index (κ1) is 10.2. The van der Waals surface area contributed by atoms with Gasteiger partial charge in [0.1, 0.15) is 11.8 Å². The smallest absolute Gasteiger partial charge is 0.160 e. The van der Waals surface area contributed by atoms with Crippen molar-refractivity contribution in [2.45, 2.75) is 0 Å². The van der Waals surface area contributed by atoms with Gasteiger partial charge in [0.15, 0.2) is 17.5 Å². The third-order valence-electron chi connectivity index (χ3n) is 1.95. The highest BCUT2D eigenvalue weighted by atomic mass is 19.2. The minimum Gasteiger partial charge on any atom is -0.236 e. The summed E-state index contributed by atoms with van der Waals surface area (Å²) in [6, 6.07) is 6.62. The molecular weight excluding hydrogens is 212 g/mol. The molecule has 5 heteroatoms. The van der Waals surface area contributed by atoms with Crippen LogP contribution in [0.3, 0.4) is 0 Å². The highest BCUT2D eigenvalue weighted by molar-refractivity contribution is 5.55. The molecular formula is C11H5F2N3. The quantitative estimate of drug-likeness (QED) is 0.736. The zero-order valence-corrected chi connectivity index (χ0v) is 7.98. The average molecular weight is 217 g/mol. The molecule has 0 aliphatic heterocycles. The third-order valence-corrected chi connectivity index (χ3v) is 1.95. The maximum atomic E-state index is 13.0. The summed E-state index contributed by atoms with van der Waals surface area (Å²) in [5, 5.41) is 8.63. The topological polar surface area (TPSA) is 49.6 Å². The van der Waals surface area contributed by atoms with Gasteiger partial charge in [0.25, 0.3) is 0 Å². The Morgan fingerprint density at radius 3 is 2.62 bits per heavy atom. The van der Waals surface area contributed by atoms with Gasteiger partial charge >= 0.3 is 0 Å². The number of halogens is 2. The molecule has 0 aliphatic rings. The molecule has 2 aromatic rings. The number of rotatable bonds is 1. The third kappa shape index (κ3) is 1.86. The minimum atomic E-state index is -0.969. The van der Waals surface area contributed by atoms with E-state index in [4.69, 9.17) is 5.26 Å². The summed E-state index contributed by atoms with van der Waals surface area (Å²) in [5.74, 6) is -1.71. The number of aromatic nitrogens is 2. The number of nitrogens with zero attached hydrogens (tertiary/aromatic N) is 3. The van der Waals surface area contributed by atoms with Crippen molar-refractivity contribution in [3.63, 3.8) is 0 Å². The molecule has 0 N–H and O–H groups in total. The summed E-state index contributed by atoms with van der Waals surface area (Å²) in [6.45, 7) is 0. The highest BCUT2D eigenvalue weighted by Gasteiger charge is 2.07. The SMILES string of the molecule is N#Cc1ccnc(-c2ccc(F)c(F)c2)n1. The predicted octanol–water partition coefficient (Wildman–Crippen LogP) is 2.29. The molecule has 0 unspecified atom stereocenters. The first-order chi connectivity index (χ1) is 7.70. The van der Waals surface area contributed by atoms with Crippen LogP contribution in [0.5, 0.6) is 0 Å². The molecule has 2 rings (SSSR count). The zero-order valence-electron chi connectivity index (χ0n) is 7.98.